The summed E-state index contributed by atoms with van der Waals surface area (Å²) in [4.78, 5) is 3.75. The molecule has 3 nitrogen and oxygen atoms in total. The van der Waals surface area contributed by atoms with Crippen LogP contribution in [0.3, 0.4) is 0 Å². The van der Waals surface area contributed by atoms with Gasteiger partial charge in [0.05, 0.1) is 15.1 Å². The van der Waals surface area contributed by atoms with Crippen LogP contribution in [0.15, 0.2) is 27.4 Å². The third-order valence-electron chi connectivity index (χ3n) is 2.08. The van der Waals surface area contributed by atoms with E-state index in [9.17, 15) is 17.2 Å². The highest BCUT2D eigenvalue weighted by atomic mass is 32.2. The van der Waals surface area contributed by atoms with Crippen LogP contribution < -0.4 is 0 Å². The van der Waals surface area contributed by atoms with Gasteiger partial charge in [0.25, 0.3) is 0 Å². The number of rotatable bonds is 3. The van der Waals surface area contributed by atoms with Crippen molar-refractivity contribution < 1.29 is 17.2 Å². The first kappa shape index (κ1) is 12.7. The maximum atomic E-state index is 12.4. The molecule has 2 rings (SSSR count). The van der Waals surface area contributed by atoms with Crippen LogP contribution in [0.2, 0.25) is 0 Å². The minimum absolute atomic E-state index is 0.391. The Morgan fingerprint density at radius 2 is 2.12 bits per heavy atom. The lowest BCUT2D eigenvalue weighted by Crippen LogP contribution is -2.11. The van der Waals surface area contributed by atoms with Gasteiger partial charge in [-0.05, 0) is 24.5 Å². The molecule has 0 aliphatic heterocycles. The van der Waals surface area contributed by atoms with E-state index in [1.54, 1.807) is 0 Å². The lowest BCUT2D eigenvalue weighted by atomic mass is 10.3. The van der Waals surface area contributed by atoms with E-state index >= 15 is 0 Å². The Bertz CT molecular complexity index is 651. The maximum Gasteiger partial charge on any atom is 0.341 e. The summed E-state index contributed by atoms with van der Waals surface area (Å²) < 4.78 is 48.8. The molecule has 2 aromatic rings. The van der Waals surface area contributed by atoms with Gasteiger partial charge in [-0.2, -0.15) is 8.78 Å². The first-order valence-electron chi connectivity index (χ1n) is 4.42. The predicted octanol–water partition coefficient (Wildman–Crippen LogP) is 3.01. The molecule has 0 unspecified atom stereocenters. The van der Waals surface area contributed by atoms with Crippen molar-refractivity contribution in [3.8, 4) is 0 Å². The molecule has 0 saturated carbocycles. The molecular weight excluding hydrogens is 288 g/mol. The van der Waals surface area contributed by atoms with Crippen LogP contribution in [0.5, 0.6) is 0 Å². The van der Waals surface area contributed by atoms with Gasteiger partial charge in [-0.1, -0.05) is 11.8 Å². The highest BCUT2D eigenvalue weighted by Crippen LogP contribution is 2.30. The van der Waals surface area contributed by atoms with Crippen LogP contribution in [0.1, 0.15) is 0 Å². The van der Waals surface area contributed by atoms with Crippen molar-refractivity contribution >= 4 is 43.2 Å². The Morgan fingerprint density at radius 1 is 1.41 bits per heavy atom. The van der Waals surface area contributed by atoms with Gasteiger partial charge in [0.15, 0.2) is 4.34 Å². The molecule has 0 saturated heterocycles. The van der Waals surface area contributed by atoms with Gasteiger partial charge in [0.1, 0.15) is 0 Å². The summed E-state index contributed by atoms with van der Waals surface area (Å²) in [5.74, 6) is -3.40. The molecule has 17 heavy (non-hydrogen) atoms. The number of sulfone groups is 1. The van der Waals surface area contributed by atoms with E-state index in [0.717, 1.165) is 9.04 Å². The number of aromatic nitrogens is 1. The molecule has 0 aliphatic rings. The number of hydrogen-bond donors (Lipinski definition) is 0. The number of hydrogen-bond acceptors (Lipinski definition) is 5. The Labute approximate surface area is 105 Å². The van der Waals surface area contributed by atoms with Crippen LogP contribution in [0, 0.1) is 0 Å². The minimum Gasteiger partial charge on any atom is -0.230 e. The van der Waals surface area contributed by atoms with E-state index in [0.29, 0.717) is 5.52 Å². The maximum absolute atomic E-state index is 12.4. The number of alkyl halides is 2. The summed E-state index contributed by atoms with van der Waals surface area (Å²) in [6.45, 7) is 0. The third-order valence-corrected chi connectivity index (χ3v) is 5.48. The molecule has 0 bridgehead atoms. The Balaban J connectivity index is 2.59. The van der Waals surface area contributed by atoms with Crippen molar-refractivity contribution in [2.24, 2.45) is 0 Å². The average Bonchev–Trinajstić information content (AvgIpc) is 2.70. The summed E-state index contributed by atoms with van der Waals surface area (Å²) in [6, 6.07) is 3.88. The largest absolute Gasteiger partial charge is 0.341 e. The van der Waals surface area contributed by atoms with E-state index in [2.05, 4.69) is 4.98 Å². The van der Waals surface area contributed by atoms with Gasteiger partial charge in [-0.25, -0.2) is 13.4 Å². The normalized spacial score (nSPS) is 12.5. The third kappa shape index (κ3) is 2.29. The number of fused-ring (bicyclic) bond motifs is 1. The first-order valence-corrected chi connectivity index (χ1v) is 8.00. The fourth-order valence-corrected chi connectivity index (χ4v) is 3.46. The SMILES string of the molecule is CSc1nc2cc(S(=O)(=O)C(F)F)ccc2s1. The molecule has 0 atom stereocenters. The van der Waals surface area contributed by atoms with Crippen molar-refractivity contribution in [1.82, 2.24) is 4.98 Å². The fraction of sp³-hybridized carbons (Fsp3) is 0.222. The van der Waals surface area contributed by atoms with E-state index in [4.69, 9.17) is 0 Å². The standard InChI is InChI=1S/C9H7F2NO2S3/c1-15-9-12-6-4-5(2-3-7(6)16-9)17(13,14)8(10)11/h2-4,8H,1H3. The van der Waals surface area contributed by atoms with Crippen molar-refractivity contribution in [3.05, 3.63) is 18.2 Å². The number of thioether (sulfide) groups is 1. The molecule has 0 fully saturated rings. The molecule has 1 aromatic heterocycles. The van der Waals surface area contributed by atoms with Gasteiger partial charge in [0.2, 0.25) is 9.84 Å². The Kier molecular flexibility index (Phi) is 3.37. The second-order valence-electron chi connectivity index (χ2n) is 3.12. The van der Waals surface area contributed by atoms with Crippen LogP contribution in [-0.4, -0.2) is 25.4 Å². The number of halogens is 2. The lowest BCUT2D eigenvalue weighted by molar-refractivity contribution is 0.235. The second-order valence-corrected chi connectivity index (χ2v) is 7.12. The number of benzene rings is 1. The molecule has 1 aromatic carbocycles. The van der Waals surface area contributed by atoms with Crippen LogP contribution in [0.4, 0.5) is 8.78 Å². The van der Waals surface area contributed by atoms with Crippen molar-refractivity contribution in [2.75, 3.05) is 6.26 Å². The number of thiazole rings is 1. The molecular formula is C9H7F2NO2S3. The van der Waals surface area contributed by atoms with Gasteiger partial charge < -0.3 is 0 Å². The topological polar surface area (TPSA) is 47.0 Å². The van der Waals surface area contributed by atoms with E-state index < -0.39 is 20.5 Å². The Morgan fingerprint density at radius 3 is 2.71 bits per heavy atom. The molecule has 0 amide bonds. The van der Waals surface area contributed by atoms with Gasteiger partial charge >= 0.3 is 5.76 Å². The number of nitrogens with zero attached hydrogens (tertiary/aromatic N) is 1. The Hall–Kier alpha value is -0.730. The van der Waals surface area contributed by atoms with E-state index in [1.807, 2.05) is 6.26 Å². The smallest absolute Gasteiger partial charge is 0.230 e. The zero-order chi connectivity index (χ0) is 12.6. The second kappa shape index (κ2) is 4.51. The van der Waals surface area contributed by atoms with Gasteiger partial charge in [-0.3, -0.25) is 0 Å². The highest BCUT2D eigenvalue weighted by molar-refractivity contribution is 8.00. The summed E-state index contributed by atoms with van der Waals surface area (Å²) in [5.41, 5.74) is 0.432. The average molecular weight is 295 g/mol. The summed E-state index contributed by atoms with van der Waals surface area (Å²) in [5, 5.41) is 0. The molecule has 0 radical (unpaired) electrons. The molecule has 8 heteroatoms. The predicted molar refractivity (Wildman–Crippen MR) is 64.6 cm³/mol. The molecule has 0 spiro atoms. The first-order chi connectivity index (χ1) is 7.95. The summed E-state index contributed by atoms with van der Waals surface area (Å²) in [6.07, 6.45) is 1.84. The zero-order valence-corrected chi connectivity index (χ0v) is 11.0. The lowest BCUT2D eigenvalue weighted by Gasteiger charge is -2.01. The van der Waals surface area contributed by atoms with Crippen molar-refractivity contribution in [2.45, 2.75) is 15.0 Å². The molecule has 0 N–H and O–H groups in total. The molecule has 92 valence electrons. The quantitative estimate of drug-likeness (QED) is 0.817. The monoisotopic (exact) mass is 295 g/mol. The van der Waals surface area contributed by atoms with Crippen molar-refractivity contribution in [1.29, 1.82) is 0 Å². The van der Waals surface area contributed by atoms with E-state index in [1.165, 1.54) is 41.3 Å². The zero-order valence-electron chi connectivity index (χ0n) is 8.55. The van der Waals surface area contributed by atoms with E-state index in [-0.39, 0.29) is 0 Å². The van der Waals surface area contributed by atoms with Crippen LogP contribution >= 0.6 is 23.1 Å². The minimum atomic E-state index is -4.54. The fourth-order valence-electron chi connectivity index (χ4n) is 1.25. The van der Waals surface area contributed by atoms with Gasteiger partial charge in [0, 0.05) is 0 Å². The molecule has 0 aliphatic carbocycles. The van der Waals surface area contributed by atoms with Crippen LogP contribution in [0.25, 0.3) is 10.2 Å². The summed E-state index contributed by atoms with van der Waals surface area (Å²) >= 11 is 2.82. The summed E-state index contributed by atoms with van der Waals surface area (Å²) in [7, 11) is -4.54. The molecule has 1 heterocycles. The van der Waals surface area contributed by atoms with Gasteiger partial charge in [-0.15, -0.1) is 11.3 Å². The highest BCUT2D eigenvalue weighted by Gasteiger charge is 2.26. The van der Waals surface area contributed by atoms with Crippen molar-refractivity contribution in [3.63, 3.8) is 0 Å². The van der Waals surface area contributed by atoms with Crippen LogP contribution in [-0.2, 0) is 9.84 Å².